The van der Waals surface area contributed by atoms with Crippen molar-refractivity contribution in [1.82, 2.24) is 0 Å². The van der Waals surface area contributed by atoms with Crippen molar-refractivity contribution in [3.05, 3.63) is 301 Å². The molecule has 0 saturated carbocycles. The van der Waals surface area contributed by atoms with Crippen LogP contribution in [0.25, 0.3) is 99.4 Å². The van der Waals surface area contributed by atoms with Crippen LogP contribution in [0.15, 0.2) is 279 Å². The largest absolute Gasteiger partial charge is 0.0713 e. The zero-order valence-corrected chi connectivity index (χ0v) is 38.1. The van der Waals surface area contributed by atoms with E-state index in [1.165, 1.54) is 122 Å². The summed E-state index contributed by atoms with van der Waals surface area (Å²) < 4.78 is 0. The van der Waals surface area contributed by atoms with E-state index in [2.05, 4.69) is 279 Å². The van der Waals surface area contributed by atoms with Gasteiger partial charge in [0.25, 0.3) is 0 Å². The van der Waals surface area contributed by atoms with Crippen molar-refractivity contribution in [2.24, 2.45) is 0 Å². The Bertz CT molecular complexity index is 3720. The van der Waals surface area contributed by atoms with E-state index in [0.29, 0.717) is 0 Å². The van der Waals surface area contributed by atoms with E-state index in [-0.39, 0.29) is 0 Å². The normalized spacial score (nSPS) is 13.9. The molecule has 12 aromatic rings. The smallest absolute Gasteiger partial charge is 0.0622 e. The van der Waals surface area contributed by atoms with Crippen LogP contribution in [0, 0.1) is 0 Å². The maximum absolute atomic E-state index is 2.52. The molecule has 0 amide bonds. The molecule has 0 heterocycles. The van der Waals surface area contributed by atoms with Gasteiger partial charge in [-0.1, -0.05) is 255 Å². The Kier molecular flexibility index (Phi) is 9.84. The highest BCUT2D eigenvalue weighted by molar-refractivity contribution is 6.21. The first-order valence-electron chi connectivity index (χ1n) is 24.0. The second-order valence-corrected chi connectivity index (χ2v) is 18.3. The highest BCUT2D eigenvalue weighted by Gasteiger charge is 2.46. The molecule has 0 N–H and O–H groups in total. The van der Waals surface area contributed by atoms with Gasteiger partial charge in [-0.2, -0.15) is 0 Å². The first-order chi connectivity index (χ1) is 34.2. The summed E-state index contributed by atoms with van der Waals surface area (Å²) in [4.78, 5) is 0. The Morgan fingerprint density at radius 1 is 0.188 bits per heavy atom. The number of fused-ring (bicyclic) bond motifs is 5. The molecular weight excluding hydrogens is 829 g/mol. The van der Waals surface area contributed by atoms with Crippen LogP contribution in [0.2, 0.25) is 0 Å². The van der Waals surface area contributed by atoms with Crippen molar-refractivity contribution < 1.29 is 0 Å². The van der Waals surface area contributed by atoms with E-state index in [0.717, 1.165) is 0 Å². The van der Waals surface area contributed by atoms with Crippen molar-refractivity contribution in [2.45, 2.75) is 5.41 Å². The fourth-order valence-corrected chi connectivity index (χ4v) is 11.4. The Morgan fingerprint density at radius 2 is 0.522 bits per heavy atom. The van der Waals surface area contributed by atoms with Gasteiger partial charge in [0.1, 0.15) is 0 Å². The van der Waals surface area contributed by atoms with Gasteiger partial charge in [-0.15, -0.1) is 0 Å². The second-order valence-electron chi connectivity index (χ2n) is 18.3. The lowest BCUT2D eigenvalue weighted by molar-refractivity contribution is 0.769. The van der Waals surface area contributed by atoms with E-state index in [1.807, 2.05) is 0 Å². The summed E-state index contributed by atoms with van der Waals surface area (Å²) in [6.07, 6.45) is 0. The van der Waals surface area contributed by atoms with Crippen molar-refractivity contribution in [1.29, 1.82) is 0 Å². The second kappa shape index (κ2) is 16.8. The molecule has 1 unspecified atom stereocenters. The molecule has 12 aromatic carbocycles. The minimum absolute atomic E-state index is 0.534. The third kappa shape index (κ3) is 6.75. The highest BCUT2D eigenvalue weighted by atomic mass is 14.5. The van der Waals surface area contributed by atoms with Gasteiger partial charge in [0.2, 0.25) is 0 Å². The first-order valence-corrected chi connectivity index (χ1v) is 24.0. The van der Waals surface area contributed by atoms with Crippen molar-refractivity contribution >= 4 is 21.5 Å². The molecule has 1 aliphatic rings. The minimum atomic E-state index is -0.534. The van der Waals surface area contributed by atoms with Gasteiger partial charge in [0.05, 0.1) is 5.41 Å². The standard InChI is InChI=1S/C69H46/c1-5-19-47(20-6-1)50-37-40-58(41-38-50)69(57-25-11-4-12-26-57)65-32-18-17-27-59(65)60-42-39-53(46-66(60)69)68-63-30-15-13-28-61(63)67(62-29-14-16-31-64(62)68)52-35-33-51(34-36-52)56-44-54(48-21-7-2-8-22-48)43-55(45-56)49-23-9-3-10-24-49/h1-46H. The average molecular weight is 875 g/mol. The van der Waals surface area contributed by atoms with Crippen LogP contribution < -0.4 is 0 Å². The molecule has 322 valence electrons. The summed E-state index contributed by atoms with van der Waals surface area (Å²) >= 11 is 0. The molecule has 0 fully saturated rings. The number of benzene rings is 12. The molecule has 1 aliphatic carbocycles. The zero-order valence-electron chi connectivity index (χ0n) is 38.1. The van der Waals surface area contributed by atoms with E-state index in [1.54, 1.807) is 0 Å². The van der Waals surface area contributed by atoms with Gasteiger partial charge in [-0.25, -0.2) is 0 Å². The molecular formula is C69H46. The van der Waals surface area contributed by atoms with Gasteiger partial charge >= 0.3 is 0 Å². The molecule has 1 atom stereocenters. The fraction of sp³-hybridized carbons (Fsp3) is 0.0145. The first kappa shape index (κ1) is 40.4. The molecule has 0 spiro atoms. The predicted octanol–water partition coefficient (Wildman–Crippen LogP) is 18.4. The summed E-state index contributed by atoms with van der Waals surface area (Å²) in [5.41, 5.74) is 21.8. The Hall–Kier alpha value is -8.84. The van der Waals surface area contributed by atoms with E-state index >= 15 is 0 Å². The Labute approximate surface area is 404 Å². The summed E-state index contributed by atoms with van der Waals surface area (Å²) in [6, 6.07) is 103. The molecule has 0 aromatic heterocycles. The fourth-order valence-electron chi connectivity index (χ4n) is 11.4. The number of rotatable bonds is 8. The summed E-state index contributed by atoms with van der Waals surface area (Å²) in [6.45, 7) is 0. The maximum atomic E-state index is 2.52. The molecule has 13 rings (SSSR count). The van der Waals surface area contributed by atoms with Gasteiger partial charge in [-0.05, 0) is 146 Å². The zero-order chi connectivity index (χ0) is 45.7. The molecule has 0 aliphatic heterocycles. The number of hydrogen-bond acceptors (Lipinski definition) is 0. The SMILES string of the molecule is c1ccc(-c2ccc(C3(c4ccccc4)c4ccccc4-c4ccc(-c5c6ccccc6c(-c6ccc(-c7cc(-c8ccccc8)cc(-c8ccccc8)c7)cc6)c6ccccc56)cc43)cc2)cc1. The third-order valence-electron chi connectivity index (χ3n) is 14.6. The van der Waals surface area contributed by atoms with E-state index in [9.17, 15) is 0 Å². The lowest BCUT2D eigenvalue weighted by atomic mass is 9.67. The number of hydrogen-bond donors (Lipinski definition) is 0. The predicted molar refractivity (Wildman–Crippen MR) is 291 cm³/mol. The van der Waals surface area contributed by atoms with Gasteiger partial charge in [0, 0.05) is 0 Å². The van der Waals surface area contributed by atoms with Crippen LogP contribution in [0.1, 0.15) is 22.3 Å². The van der Waals surface area contributed by atoms with Gasteiger partial charge in [0.15, 0.2) is 0 Å². The third-order valence-corrected chi connectivity index (χ3v) is 14.6. The van der Waals surface area contributed by atoms with Crippen molar-refractivity contribution in [3.8, 4) is 77.9 Å². The maximum Gasteiger partial charge on any atom is 0.0713 e. The van der Waals surface area contributed by atoms with E-state index in [4.69, 9.17) is 0 Å². The molecule has 0 nitrogen and oxygen atoms in total. The highest BCUT2D eigenvalue weighted by Crippen LogP contribution is 2.57. The van der Waals surface area contributed by atoms with Gasteiger partial charge < -0.3 is 0 Å². The quantitative estimate of drug-likeness (QED) is 0.133. The summed E-state index contributed by atoms with van der Waals surface area (Å²) in [7, 11) is 0. The van der Waals surface area contributed by atoms with Crippen LogP contribution in [0.5, 0.6) is 0 Å². The molecule has 0 radical (unpaired) electrons. The molecule has 69 heavy (non-hydrogen) atoms. The topological polar surface area (TPSA) is 0 Å². The Morgan fingerprint density at radius 3 is 1.04 bits per heavy atom. The average Bonchev–Trinajstić information content (AvgIpc) is 3.73. The van der Waals surface area contributed by atoms with Gasteiger partial charge in [-0.3, -0.25) is 0 Å². The van der Waals surface area contributed by atoms with Crippen LogP contribution in [0.4, 0.5) is 0 Å². The van der Waals surface area contributed by atoms with Crippen LogP contribution >= 0.6 is 0 Å². The monoisotopic (exact) mass is 874 g/mol. The summed E-state index contributed by atoms with van der Waals surface area (Å²) in [5, 5.41) is 4.97. The summed E-state index contributed by atoms with van der Waals surface area (Å²) in [5.74, 6) is 0. The molecule has 0 bridgehead atoms. The molecule has 0 saturated heterocycles. The van der Waals surface area contributed by atoms with Crippen LogP contribution in [0.3, 0.4) is 0 Å². The Balaban J connectivity index is 0.978. The molecule has 0 heteroatoms. The van der Waals surface area contributed by atoms with E-state index < -0.39 is 5.41 Å². The van der Waals surface area contributed by atoms with Crippen LogP contribution in [-0.4, -0.2) is 0 Å². The lowest BCUT2D eigenvalue weighted by Crippen LogP contribution is -2.28. The van der Waals surface area contributed by atoms with Crippen LogP contribution in [-0.2, 0) is 5.41 Å². The van der Waals surface area contributed by atoms with Crippen molar-refractivity contribution in [3.63, 3.8) is 0 Å². The lowest BCUT2D eigenvalue weighted by Gasteiger charge is -2.34. The minimum Gasteiger partial charge on any atom is -0.0622 e. The van der Waals surface area contributed by atoms with Crippen molar-refractivity contribution in [2.75, 3.05) is 0 Å².